The van der Waals surface area contributed by atoms with Crippen molar-refractivity contribution in [2.75, 3.05) is 0 Å². The molecule has 4 nitrogen and oxygen atoms in total. The lowest BCUT2D eigenvalue weighted by atomic mass is 10.2. The van der Waals surface area contributed by atoms with Gasteiger partial charge in [-0.3, -0.25) is 9.67 Å². The van der Waals surface area contributed by atoms with Gasteiger partial charge in [-0.05, 0) is 52.3 Å². The fourth-order valence-corrected chi connectivity index (χ4v) is 3.07. The highest BCUT2D eigenvalue weighted by molar-refractivity contribution is 9.10. The number of aromatic nitrogens is 4. The Morgan fingerprint density at radius 2 is 1.69 bits per heavy atom. The molecule has 0 fully saturated rings. The summed E-state index contributed by atoms with van der Waals surface area (Å²) in [5, 5.41) is 4.66. The van der Waals surface area contributed by atoms with Crippen molar-refractivity contribution in [2.24, 2.45) is 0 Å². The van der Waals surface area contributed by atoms with Gasteiger partial charge in [0.15, 0.2) is 0 Å². The lowest BCUT2D eigenvalue weighted by Gasteiger charge is -2.08. The molecular formula is C20H14BrFN4. The quantitative estimate of drug-likeness (QED) is 0.448. The topological polar surface area (TPSA) is 43.6 Å². The smallest absolute Gasteiger partial charge is 0.128 e. The van der Waals surface area contributed by atoms with Crippen LogP contribution in [-0.2, 0) is 6.54 Å². The zero-order chi connectivity index (χ0) is 17.9. The zero-order valence-corrected chi connectivity index (χ0v) is 15.3. The van der Waals surface area contributed by atoms with E-state index < -0.39 is 0 Å². The second-order valence-corrected chi connectivity index (χ2v) is 6.54. The van der Waals surface area contributed by atoms with Gasteiger partial charge in [0.2, 0.25) is 0 Å². The van der Waals surface area contributed by atoms with Gasteiger partial charge >= 0.3 is 0 Å². The van der Waals surface area contributed by atoms with E-state index in [0.717, 1.165) is 21.7 Å². The van der Waals surface area contributed by atoms with Crippen LogP contribution in [0.4, 0.5) is 4.39 Å². The third kappa shape index (κ3) is 3.41. The molecule has 128 valence electrons. The van der Waals surface area contributed by atoms with Crippen LogP contribution >= 0.6 is 15.9 Å². The van der Waals surface area contributed by atoms with Crippen molar-refractivity contribution in [3.05, 3.63) is 88.9 Å². The van der Waals surface area contributed by atoms with Gasteiger partial charge in [-0.15, -0.1) is 0 Å². The van der Waals surface area contributed by atoms with E-state index in [9.17, 15) is 4.39 Å². The van der Waals surface area contributed by atoms with E-state index in [2.05, 4.69) is 31.0 Å². The van der Waals surface area contributed by atoms with Crippen LogP contribution in [0.5, 0.6) is 0 Å². The molecule has 4 rings (SSSR count). The van der Waals surface area contributed by atoms with Gasteiger partial charge in [-0.2, -0.15) is 5.10 Å². The third-order valence-corrected chi connectivity index (χ3v) is 4.40. The molecule has 0 atom stereocenters. The monoisotopic (exact) mass is 408 g/mol. The molecule has 0 unspecified atom stereocenters. The molecule has 0 aliphatic carbocycles. The molecule has 0 saturated carbocycles. The summed E-state index contributed by atoms with van der Waals surface area (Å²) < 4.78 is 16.6. The van der Waals surface area contributed by atoms with Crippen molar-refractivity contribution in [1.29, 1.82) is 0 Å². The predicted molar refractivity (Wildman–Crippen MR) is 102 cm³/mol. The van der Waals surface area contributed by atoms with Crippen LogP contribution in [-0.4, -0.2) is 19.7 Å². The maximum absolute atomic E-state index is 14.1. The molecule has 0 aliphatic heterocycles. The molecule has 0 bridgehead atoms. The van der Waals surface area contributed by atoms with Crippen LogP contribution < -0.4 is 0 Å². The van der Waals surface area contributed by atoms with Crippen molar-refractivity contribution < 1.29 is 4.39 Å². The standard InChI is InChI=1S/C20H14BrFN4/c21-20-10-5-9-16(24-20)18-12-19(17-8-3-4-11-23-17)26(25-18)13-14-6-1-2-7-15(14)22/h1-12H,13H2. The minimum absolute atomic E-state index is 0.253. The number of nitrogens with zero attached hydrogens (tertiary/aromatic N) is 4. The SMILES string of the molecule is Fc1ccccc1Cn1nc(-c2cccc(Br)n2)cc1-c1ccccn1. The third-order valence-electron chi connectivity index (χ3n) is 3.96. The Balaban J connectivity index is 1.82. The van der Waals surface area contributed by atoms with Gasteiger partial charge in [0, 0.05) is 11.8 Å². The second kappa shape index (κ2) is 7.17. The van der Waals surface area contributed by atoms with E-state index in [0.29, 0.717) is 17.8 Å². The Kier molecular flexibility index (Phi) is 4.58. The lowest BCUT2D eigenvalue weighted by Crippen LogP contribution is -2.06. The van der Waals surface area contributed by atoms with E-state index in [1.807, 2.05) is 48.5 Å². The lowest BCUT2D eigenvalue weighted by molar-refractivity contribution is 0.587. The number of halogens is 2. The highest BCUT2D eigenvalue weighted by atomic mass is 79.9. The molecule has 0 aliphatic rings. The number of hydrogen-bond acceptors (Lipinski definition) is 3. The summed E-state index contributed by atoms with van der Waals surface area (Å²) in [5.74, 6) is -0.253. The summed E-state index contributed by atoms with van der Waals surface area (Å²) >= 11 is 3.39. The molecule has 26 heavy (non-hydrogen) atoms. The van der Waals surface area contributed by atoms with Gasteiger partial charge in [0.05, 0.1) is 23.6 Å². The molecular weight excluding hydrogens is 395 g/mol. The van der Waals surface area contributed by atoms with Crippen molar-refractivity contribution in [3.8, 4) is 22.8 Å². The summed E-state index contributed by atoms with van der Waals surface area (Å²) in [6, 6.07) is 20.0. The maximum atomic E-state index is 14.1. The van der Waals surface area contributed by atoms with Crippen molar-refractivity contribution in [3.63, 3.8) is 0 Å². The van der Waals surface area contributed by atoms with Gasteiger partial charge in [0.25, 0.3) is 0 Å². The minimum Gasteiger partial charge on any atom is -0.258 e. The zero-order valence-electron chi connectivity index (χ0n) is 13.7. The van der Waals surface area contributed by atoms with Crippen LogP contribution in [0.25, 0.3) is 22.8 Å². The van der Waals surface area contributed by atoms with Gasteiger partial charge < -0.3 is 0 Å². The van der Waals surface area contributed by atoms with Crippen LogP contribution in [0.3, 0.4) is 0 Å². The molecule has 0 spiro atoms. The van der Waals surface area contributed by atoms with Crippen molar-refractivity contribution >= 4 is 15.9 Å². The summed E-state index contributed by atoms with van der Waals surface area (Å²) in [7, 11) is 0. The van der Waals surface area contributed by atoms with E-state index in [1.54, 1.807) is 23.0 Å². The normalized spacial score (nSPS) is 10.8. The number of pyridine rings is 2. The second-order valence-electron chi connectivity index (χ2n) is 5.72. The first-order chi connectivity index (χ1) is 12.7. The Bertz CT molecular complexity index is 1050. The van der Waals surface area contributed by atoms with Crippen LogP contribution in [0.15, 0.2) is 77.5 Å². The minimum atomic E-state index is -0.253. The maximum Gasteiger partial charge on any atom is 0.128 e. The van der Waals surface area contributed by atoms with Gasteiger partial charge in [0.1, 0.15) is 16.1 Å². The highest BCUT2D eigenvalue weighted by Gasteiger charge is 2.15. The summed E-state index contributed by atoms with van der Waals surface area (Å²) in [5.41, 5.74) is 3.61. The Labute approximate surface area is 158 Å². The average molecular weight is 409 g/mol. The number of hydrogen-bond donors (Lipinski definition) is 0. The molecule has 0 radical (unpaired) electrons. The van der Waals surface area contributed by atoms with E-state index in [4.69, 9.17) is 0 Å². The molecule has 1 aromatic carbocycles. The first kappa shape index (κ1) is 16.6. The fourth-order valence-electron chi connectivity index (χ4n) is 2.72. The van der Waals surface area contributed by atoms with E-state index in [-0.39, 0.29) is 5.82 Å². The number of benzene rings is 1. The van der Waals surface area contributed by atoms with Crippen molar-refractivity contribution in [2.45, 2.75) is 6.54 Å². The van der Waals surface area contributed by atoms with E-state index >= 15 is 0 Å². The molecule has 0 amide bonds. The van der Waals surface area contributed by atoms with Crippen LogP contribution in [0.1, 0.15) is 5.56 Å². The molecule has 4 aromatic rings. The Hall–Kier alpha value is -2.86. The molecule has 3 heterocycles. The summed E-state index contributed by atoms with van der Waals surface area (Å²) in [4.78, 5) is 8.88. The molecule has 0 N–H and O–H groups in total. The summed E-state index contributed by atoms with van der Waals surface area (Å²) in [6.07, 6.45) is 1.73. The molecule has 3 aromatic heterocycles. The number of rotatable bonds is 4. The van der Waals surface area contributed by atoms with Gasteiger partial charge in [-0.1, -0.05) is 30.3 Å². The first-order valence-corrected chi connectivity index (χ1v) is 8.85. The Morgan fingerprint density at radius 3 is 2.46 bits per heavy atom. The fraction of sp³-hybridized carbons (Fsp3) is 0.0500. The first-order valence-electron chi connectivity index (χ1n) is 8.06. The predicted octanol–water partition coefficient (Wildman–Crippen LogP) is 4.96. The van der Waals surface area contributed by atoms with Crippen LogP contribution in [0, 0.1) is 5.82 Å². The van der Waals surface area contributed by atoms with Crippen molar-refractivity contribution in [1.82, 2.24) is 19.7 Å². The largest absolute Gasteiger partial charge is 0.258 e. The van der Waals surface area contributed by atoms with Gasteiger partial charge in [-0.25, -0.2) is 9.37 Å². The average Bonchev–Trinajstić information content (AvgIpc) is 3.08. The molecule has 0 saturated heterocycles. The summed E-state index contributed by atoms with van der Waals surface area (Å²) in [6.45, 7) is 0.312. The Morgan fingerprint density at radius 1 is 0.885 bits per heavy atom. The highest BCUT2D eigenvalue weighted by Crippen LogP contribution is 2.26. The molecule has 6 heteroatoms. The van der Waals surface area contributed by atoms with Crippen LogP contribution in [0.2, 0.25) is 0 Å². The van der Waals surface area contributed by atoms with E-state index in [1.165, 1.54) is 6.07 Å².